The summed E-state index contributed by atoms with van der Waals surface area (Å²) in [5.74, 6) is -6.13. The number of phenols is 1. The van der Waals surface area contributed by atoms with Crippen molar-refractivity contribution in [2.75, 3.05) is 33.1 Å². The van der Waals surface area contributed by atoms with E-state index in [1.54, 1.807) is 46.1 Å². The summed E-state index contributed by atoms with van der Waals surface area (Å²) in [7, 11) is 6.60. The van der Waals surface area contributed by atoms with Crippen molar-refractivity contribution in [2.45, 2.75) is 44.9 Å². The van der Waals surface area contributed by atoms with Gasteiger partial charge in [0.05, 0.1) is 17.8 Å². The van der Waals surface area contributed by atoms with Crippen LogP contribution in [0.1, 0.15) is 47.5 Å². The maximum absolute atomic E-state index is 14.5. The van der Waals surface area contributed by atoms with Crippen molar-refractivity contribution < 1.29 is 44.1 Å². The number of fused-ring (bicyclic) bond motifs is 3. The van der Waals surface area contributed by atoms with Crippen molar-refractivity contribution in [3.05, 3.63) is 57.7 Å². The highest BCUT2D eigenvalue weighted by molar-refractivity contribution is 6.25. The fourth-order valence-electron chi connectivity index (χ4n) is 7.55. The molecule has 1 heterocycles. The van der Waals surface area contributed by atoms with Gasteiger partial charge in [-0.1, -0.05) is 19.0 Å². The molecule has 0 radical (unpaired) electrons. The number of aromatic nitrogens is 1. The molecule has 1 aromatic carbocycles. The van der Waals surface area contributed by atoms with E-state index in [0.717, 1.165) is 0 Å². The minimum Gasteiger partial charge on any atom is -0.508 e. The van der Waals surface area contributed by atoms with Crippen LogP contribution in [0.3, 0.4) is 0 Å². The van der Waals surface area contributed by atoms with Gasteiger partial charge in [-0.25, -0.2) is 0 Å². The van der Waals surface area contributed by atoms with Crippen molar-refractivity contribution in [1.82, 2.24) is 15.4 Å². The number of carbonyl (C=O) groups excluding carboxylic acids is 4. The first-order valence-corrected chi connectivity index (χ1v) is 13.8. The Hall–Kier alpha value is -4.69. The quantitative estimate of drug-likeness (QED) is 0.250. The van der Waals surface area contributed by atoms with Crippen LogP contribution >= 0.6 is 0 Å². The van der Waals surface area contributed by atoms with E-state index in [4.69, 9.17) is 10.3 Å². The Labute approximate surface area is 252 Å². The van der Waals surface area contributed by atoms with Crippen molar-refractivity contribution in [3.63, 3.8) is 0 Å². The molecular weight excluding hydrogens is 574 g/mol. The summed E-state index contributed by atoms with van der Waals surface area (Å²) >= 11 is 0. The third kappa shape index (κ3) is 3.97. The van der Waals surface area contributed by atoms with Gasteiger partial charge in [0, 0.05) is 54.4 Å². The van der Waals surface area contributed by atoms with Crippen LogP contribution in [0.2, 0.25) is 0 Å². The molecule has 14 heteroatoms. The standard InChI is InChI=1S/C30H35N5O9/c1-28-10-14-15(34(3)4)9-13(11-32-27(42)16-7-8-33-44-16)20(36)17(14)21(37)19(28)25(40)30(43)24(39)18(26(31)41)22(38)23(35(5)6)29(30,2)12-28/h7-9,23,36-37,39,43H,10-12H2,1-6H3,(H2,31,41)(H,32,42)/t23-,28+,29+,30-/m1/s1. The van der Waals surface area contributed by atoms with Crippen molar-refractivity contribution in [2.24, 2.45) is 16.6 Å². The molecule has 0 unspecified atom stereocenters. The number of Topliss-reactive ketones (excluding diaryl/α,β-unsaturated/α-hetero) is 2. The maximum Gasteiger partial charge on any atom is 0.290 e. The molecule has 0 saturated heterocycles. The first kappa shape index (κ1) is 30.8. The van der Waals surface area contributed by atoms with E-state index in [9.17, 15) is 39.6 Å². The lowest BCUT2D eigenvalue weighted by Gasteiger charge is -2.59. The number of nitrogens with zero attached hydrogens (tertiary/aromatic N) is 3. The van der Waals surface area contributed by atoms with E-state index in [0.29, 0.717) is 11.3 Å². The Balaban J connectivity index is 1.73. The van der Waals surface area contributed by atoms with Gasteiger partial charge in [-0.2, -0.15) is 0 Å². The van der Waals surface area contributed by atoms with Crippen molar-refractivity contribution >= 4 is 34.8 Å². The number of hydrogen-bond donors (Lipinski definition) is 6. The van der Waals surface area contributed by atoms with E-state index >= 15 is 0 Å². The Bertz CT molecular complexity index is 1690. The number of aliphatic hydroxyl groups is 3. The molecule has 0 spiro atoms. The number of amides is 2. The van der Waals surface area contributed by atoms with Gasteiger partial charge in [-0.3, -0.25) is 24.1 Å². The van der Waals surface area contributed by atoms with Crippen molar-refractivity contribution in [1.29, 1.82) is 0 Å². The van der Waals surface area contributed by atoms with Crippen LogP contribution in [0.4, 0.5) is 5.69 Å². The summed E-state index contributed by atoms with van der Waals surface area (Å²) in [6.07, 6.45) is 1.31. The van der Waals surface area contributed by atoms with Gasteiger partial charge >= 0.3 is 0 Å². The fraction of sp³-hybridized carbons (Fsp3) is 0.433. The van der Waals surface area contributed by atoms with Crippen LogP contribution in [-0.2, 0) is 27.3 Å². The predicted molar refractivity (Wildman–Crippen MR) is 155 cm³/mol. The minimum absolute atomic E-state index is 0.0507. The Morgan fingerprint density at radius 1 is 1.16 bits per heavy atom. The number of nitrogens with two attached hydrogens (primary N) is 1. The average Bonchev–Trinajstić information content (AvgIpc) is 3.45. The van der Waals surface area contributed by atoms with Gasteiger partial charge in [0.25, 0.3) is 11.8 Å². The topological polar surface area (TPSA) is 220 Å². The second-order valence-corrected chi connectivity index (χ2v) is 12.6. The lowest BCUT2D eigenvalue weighted by Crippen LogP contribution is -2.72. The largest absolute Gasteiger partial charge is 0.508 e. The van der Waals surface area contributed by atoms with Gasteiger partial charge in [0.1, 0.15) is 22.8 Å². The molecule has 0 aliphatic heterocycles. The van der Waals surface area contributed by atoms with E-state index in [1.165, 1.54) is 24.1 Å². The monoisotopic (exact) mass is 609 g/mol. The van der Waals surface area contributed by atoms with E-state index in [1.807, 2.05) is 0 Å². The Morgan fingerprint density at radius 3 is 2.36 bits per heavy atom. The van der Waals surface area contributed by atoms with E-state index < -0.39 is 68.7 Å². The van der Waals surface area contributed by atoms with Crippen LogP contribution in [0.5, 0.6) is 5.75 Å². The first-order chi connectivity index (χ1) is 20.4. The molecule has 7 N–H and O–H groups in total. The number of hydrogen-bond acceptors (Lipinski definition) is 12. The summed E-state index contributed by atoms with van der Waals surface area (Å²) in [6, 6.07) is 1.78. The highest BCUT2D eigenvalue weighted by Crippen LogP contribution is 2.63. The van der Waals surface area contributed by atoms with Crippen LogP contribution in [0.15, 0.2) is 39.8 Å². The molecule has 1 fully saturated rings. The highest BCUT2D eigenvalue weighted by atomic mass is 16.5. The highest BCUT2D eigenvalue weighted by Gasteiger charge is 2.72. The normalized spacial score (nSPS) is 28.0. The number of likely N-dealkylation sites (N-methyl/N-ethyl adjacent to an activating group) is 1. The summed E-state index contributed by atoms with van der Waals surface area (Å²) in [5, 5.41) is 52.7. The second-order valence-electron chi connectivity index (χ2n) is 12.6. The van der Waals surface area contributed by atoms with Gasteiger partial charge in [-0.05, 0) is 38.6 Å². The predicted octanol–water partition coefficient (Wildman–Crippen LogP) is 0.728. The van der Waals surface area contributed by atoms with E-state index in [-0.39, 0.29) is 41.8 Å². The molecule has 3 aliphatic rings. The number of ketones is 2. The number of nitrogens with one attached hydrogen (secondary N) is 1. The van der Waals surface area contributed by atoms with Gasteiger partial charge in [0.15, 0.2) is 11.4 Å². The van der Waals surface area contributed by atoms with Gasteiger partial charge in [0.2, 0.25) is 11.5 Å². The average molecular weight is 610 g/mol. The molecule has 3 aliphatic carbocycles. The number of carbonyl (C=O) groups is 4. The minimum atomic E-state index is -2.82. The lowest BCUT2D eigenvalue weighted by atomic mass is 9.46. The zero-order valence-corrected chi connectivity index (χ0v) is 25.2. The molecule has 2 amide bonds. The molecule has 234 valence electrons. The second kappa shape index (κ2) is 9.92. The third-order valence-corrected chi connectivity index (χ3v) is 9.27. The summed E-state index contributed by atoms with van der Waals surface area (Å²) in [5.41, 5.74) is -0.233. The van der Waals surface area contributed by atoms with Crippen LogP contribution < -0.4 is 16.0 Å². The third-order valence-electron chi connectivity index (χ3n) is 9.27. The molecule has 2 aromatic rings. The summed E-state index contributed by atoms with van der Waals surface area (Å²) in [4.78, 5) is 56.0. The fourth-order valence-corrected chi connectivity index (χ4v) is 7.55. The number of aliphatic hydroxyl groups excluding tert-OH is 2. The zero-order valence-electron chi connectivity index (χ0n) is 25.2. The molecule has 1 saturated carbocycles. The summed E-state index contributed by atoms with van der Waals surface area (Å²) in [6.45, 7) is 3.00. The Kier molecular flexibility index (Phi) is 6.94. The molecule has 0 bridgehead atoms. The van der Waals surface area contributed by atoms with E-state index in [2.05, 4.69) is 10.5 Å². The smallest absolute Gasteiger partial charge is 0.290 e. The Morgan fingerprint density at radius 2 is 1.82 bits per heavy atom. The number of rotatable bonds is 6. The molecule has 44 heavy (non-hydrogen) atoms. The molecular formula is C30H35N5O9. The van der Waals surface area contributed by atoms with Gasteiger partial charge < -0.3 is 40.9 Å². The molecule has 4 atom stereocenters. The maximum atomic E-state index is 14.5. The van der Waals surface area contributed by atoms with Crippen LogP contribution in [0.25, 0.3) is 5.76 Å². The number of phenolic OH excluding ortho intramolecular Hbond substituents is 1. The number of benzene rings is 1. The van der Waals surface area contributed by atoms with Crippen LogP contribution in [0, 0.1) is 10.8 Å². The van der Waals surface area contributed by atoms with Gasteiger partial charge in [-0.15, -0.1) is 0 Å². The molecule has 1 aromatic heterocycles. The molecule has 5 rings (SSSR count). The number of primary amides is 1. The van der Waals surface area contributed by atoms with Crippen molar-refractivity contribution in [3.8, 4) is 5.75 Å². The first-order valence-electron chi connectivity index (χ1n) is 13.8. The van der Waals surface area contributed by atoms with Crippen LogP contribution in [-0.4, -0.2) is 93.7 Å². The SMILES string of the molecule is CN(C)c1cc(CNC(=O)c2ccno2)c(O)c2c1C[C@@]1(C)C[C@@]3(C)[C@H](N(C)C)C(=O)C(C(N)=O)=C(O)[C@@]3(O)C(=O)C1=C2O. The molecule has 14 nitrogen and oxygen atoms in total. The lowest BCUT2D eigenvalue weighted by molar-refractivity contribution is -0.175. The zero-order chi connectivity index (χ0) is 32.7. The summed E-state index contributed by atoms with van der Waals surface area (Å²) < 4.78 is 4.87. The number of aromatic hydroxyl groups is 1. The number of anilines is 1.